The first-order chi connectivity index (χ1) is 41.4. The van der Waals surface area contributed by atoms with Crippen molar-refractivity contribution in [3.63, 3.8) is 0 Å². The first kappa shape index (κ1) is 83.1. The molecule has 0 aliphatic carbocycles. The molecular weight excluding hydrogens is 1130 g/mol. The van der Waals surface area contributed by atoms with E-state index in [0.717, 1.165) is 51.9 Å². The zero-order valence-electron chi connectivity index (χ0n) is 57.5. The second-order valence-electron chi connectivity index (χ2n) is 26.8. The summed E-state index contributed by atoms with van der Waals surface area (Å²) in [6.07, 6.45) is 88.2. The van der Waals surface area contributed by atoms with Gasteiger partial charge in [0.2, 0.25) is 15.0 Å². The summed E-state index contributed by atoms with van der Waals surface area (Å²) in [6.45, 7) is 12.8. The van der Waals surface area contributed by atoms with Crippen molar-refractivity contribution in [2.45, 2.75) is 439 Å². The number of unbranched alkanes of at least 4 members (excludes halogenated alkanes) is 60. The van der Waals surface area contributed by atoms with Crippen LogP contribution in [0.5, 0.6) is 0 Å². The molecule has 12 heteroatoms. The van der Waals surface area contributed by atoms with Crippen LogP contribution in [0, 0.1) is 0 Å². The second kappa shape index (κ2) is 65.6. The smallest absolute Gasteiger partial charge is 0.253 e. The Bertz CT molecular complexity index is 1330. The van der Waals surface area contributed by atoms with Crippen molar-refractivity contribution >= 4 is 43.4 Å². The molecule has 7 nitrogen and oxygen atoms in total. The molecule has 0 saturated carbocycles. The zero-order chi connectivity index (χ0) is 60.5. The minimum atomic E-state index is -3.00. The lowest BCUT2D eigenvalue weighted by atomic mass is 10.0. The van der Waals surface area contributed by atoms with E-state index >= 15 is 0 Å². The van der Waals surface area contributed by atoms with Gasteiger partial charge in [0.05, 0.1) is 0 Å². The first-order valence-corrected chi connectivity index (χ1v) is 45.6. The molecule has 0 unspecified atom stereocenters. The molecule has 0 radical (unpaired) electrons. The first-order valence-electron chi connectivity index (χ1n) is 38.7. The molecule has 0 atom stereocenters. The average Bonchev–Trinajstić information content (AvgIpc) is 1.67. The molecule has 0 spiro atoms. The van der Waals surface area contributed by atoms with Gasteiger partial charge in [0.25, 0.3) is 5.91 Å². The molecule has 0 aromatic rings. The Labute approximate surface area is 538 Å². The quantitative estimate of drug-likeness (QED) is 0.0361. The normalized spacial score (nSPS) is 14.5. The molecular formula is C72H152Cl2N7P3. The van der Waals surface area contributed by atoms with Gasteiger partial charge in [-0.3, -0.25) is 20.3 Å². The van der Waals surface area contributed by atoms with Crippen LogP contribution in [0.2, 0.25) is 0 Å². The Hall–Kier alpha value is 1.11. The van der Waals surface area contributed by atoms with Gasteiger partial charge < -0.3 is 0 Å². The van der Waals surface area contributed by atoms with Crippen LogP contribution >= 0.6 is 43.4 Å². The lowest BCUT2D eigenvalue weighted by molar-refractivity contribution is 0.528. The molecule has 84 heavy (non-hydrogen) atoms. The van der Waals surface area contributed by atoms with Crippen molar-refractivity contribution in [3.8, 4) is 0 Å². The highest BCUT2D eigenvalue weighted by Crippen LogP contribution is 2.78. The summed E-state index contributed by atoms with van der Waals surface area (Å²) in [6, 6.07) is 0. The van der Waals surface area contributed by atoms with Crippen molar-refractivity contribution < 1.29 is 0 Å². The summed E-state index contributed by atoms with van der Waals surface area (Å²) in [5.41, 5.74) is 0. The van der Waals surface area contributed by atoms with Crippen LogP contribution in [-0.2, 0) is 0 Å². The maximum Gasteiger partial charge on any atom is 0.257 e. The van der Waals surface area contributed by atoms with E-state index in [2.05, 4.69) is 48.0 Å². The van der Waals surface area contributed by atoms with E-state index in [1.54, 1.807) is 0 Å². The van der Waals surface area contributed by atoms with E-state index in [1.807, 2.05) is 0 Å². The van der Waals surface area contributed by atoms with Crippen LogP contribution in [0.3, 0.4) is 0 Å². The van der Waals surface area contributed by atoms with Gasteiger partial charge in [-0.15, -0.1) is 0 Å². The summed E-state index contributed by atoms with van der Waals surface area (Å²) < 4.78 is 16.3. The van der Waals surface area contributed by atoms with E-state index < -0.39 is 20.9 Å². The van der Waals surface area contributed by atoms with Gasteiger partial charge in [-0.1, -0.05) is 413 Å². The van der Waals surface area contributed by atoms with Gasteiger partial charge in [-0.25, -0.2) is 0 Å². The van der Waals surface area contributed by atoms with E-state index in [0.29, 0.717) is 0 Å². The van der Waals surface area contributed by atoms with Crippen molar-refractivity contribution in [3.05, 3.63) is 0 Å². The van der Waals surface area contributed by atoms with E-state index in [4.69, 9.17) is 36.0 Å². The third kappa shape index (κ3) is 57.0. The molecule has 1 rings (SSSR count). The standard InChI is InChI=1S/C72H152Cl2N7P3/c1-5-9-13-17-21-25-29-33-37-41-45-49-53-57-61-65-69-75-83(76-70-66-62-58-54-50-46-42-38-34-30-26-22-18-14-10-6-2)79-82(73,74)80-84(81-83,77-71-67-63-59-55-51-47-43-39-35-31-27-23-19-15-11-7-3)78-72-68-64-60-56-52-48-44-40-36-32-28-24-20-16-12-8-4/h75-78H,5-72H2,1-4H3. The van der Waals surface area contributed by atoms with Gasteiger partial charge in [0.1, 0.15) is 0 Å². The van der Waals surface area contributed by atoms with Gasteiger partial charge >= 0.3 is 0 Å². The highest BCUT2D eigenvalue weighted by Gasteiger charge is 2.35. The molecule has 0 bridgehead atoms. The van der Waals surface area contributed by atoms with Gasteiger partial charge in [-0.2, -0.15) is 13.5 Å². The molecule has 0 amide bonds. The van der Waals surface area contributed by atoms with Crippen LogP contribution in [0.4, 0.5) is 0 Å². The minimum absolute atomic E-state index is 0.886. The molecule has 0 saturated heterocycles. The third-order valence-electron chi connectivity index (χ3n) is 18.2. The number of nitrogens with zero attached hydrogens (tertiary/aromatic N) is 3. The molecule has 504 valence electrons. The maximum atomic E-state index is 7.35. The van der Waals surface area contributed by atoms with Crippen molar-refractivity contribution in [2.24, 2.45) is 13.5 Å². The molecule has 1 aliphatic rings. The second-order valence-corrected chi connectivity index (χ2v) is 36.8. The number of nitrogens with one attached hydrogen (secondary N) is 4. The summed E-state index contributed by atoms with van der Waals surface area (Å²) in [4.78, 5) is 0. The molecule has 1 aliphatic heterocycles. The van der Waals surface area contributed by atoms with Crippen LogP contribution in [-0.4, -0.2) is 26.2 Å². The Kier molecular flexibility index (Phi) is 64.9. The molecule has 0 aromatic carbocycles. The zero-order valence-corrected chi connectivity index (χ0v) is 61.7. The Morgan fingerprint density at radius 1 is 0.179 bits per heavy atom. The highest BCUT2D eigenvalue weighted by molar-refractivity contribution is 8.13. The van der Waals surface area contributed by atoms with Crippen LogP contribution < -0.4 is 20.3 Å². The van der Waals surface area contributed by atoms with Crippen LogP contribution in [0.15, 0.2) is 13.5 Å². The van der Waals surface area contributed by atoms with E-state index in [9.17, 15) is 0 Å². The summed E-state index contributed by atoms with van der Waals surface area (Å²) in [5.74, 6) is -3.00. The predicted molar refractivity (Wildman–Crippen MR) is 390 cm³/mol. The number of hydrogen-bond donors (Lipinski definition) is 4. The van der Waals surface area contributed by atoms with Crippen molar-refractivity contribution in [1.29, 1.82) is 0 Å². The van der Waals surface area contributed by atoms with Crippen LogP contribution in [0.1, 0.15) is 439 Å². The molecule has 1 heterocycles. The summed E-state index contributed by atoms with van der Waals surface area (Å²) in [5, 5.41) is 15.9. The Balaban J connectivity index is 2.87. The summed E-state index contributed by atoms with van der Waals surface area (Å²) >= 11 is 14.7. The Morgan fingerprint density at radius 3 is 0.464 bits per heavy atom. The Morgan fingerprint density at radius 2 is 0.310 bits per heavy atom. The van der Waals surface area contributed by atoms with E-state index in [-0.39, 0.29) is 0 Å². The number of hydrogen-bond acceptors (Lipinski definition) is 7. The fourth-order valence-corrected chi connectivity index (χ4v) is 25.6. The topological polar surface area (TPSA) is 85.2 Å². The number of halogens is 2. The van der Waals surface area contributed by atoms with Crippen molar-refractivity contribution in [2.75, 3.05) is 26.2 Å². The lowest BCUT2D eigenvalue weighted by Gasteiger charge is -2.34. The molecule has 0 fully saturated rings. The summed E-state index contributed by atoms with van der Waals surface area (Å²) in [7, 11) is -5.26. The van der Waals surface area contributed by atoms with Gasteiger partial charge in [0.15, 0.2) is 0 Å². The largest absolute Gasteiger partial charge is 0.257 e. The van der Waals surface area contributed by atoms with Crippen LogP contribution in [0.25, 0.3) is 0 Å². The maximum absolute atomic E-state index is 7.35. The molecule has 4 N–H and O–H groups in total. The van der Waals surface area contributed by atoms with Gasteiger partial charge in [0, 0.05) is 26.2 Å². The molecule has 0 aromatic heterocycles. The number of rotatable bonds is 72. The fourth-order valence-electron chi connectivity index (χ4n) is 12.5. The predicted octanol–water partition coefficient (Wildman–Crippen LogP) is 29.7. The fraction of sp³-hybridized carbons (Fsp3) is 1.00. The highest BCUT2D eigenvalue weighted by atomic mass is 35.9. The monoisotopic (exact) mass is 1280 g/mol. The SMILES string of the molecule is CCCCCCCCCCCCCCCCCCNP1(NCCCCCCCCCCCCCCCCCC)=NP(Cl)(Cl)=NP(NCCCCCCCCCCCCCCCCCC)(NCCCCCCCCCCCCCCCCCC)=N1. The van der Waals surface area contributed by atoms with E-state index in [1.165, 1.54) is 385 Å². The third-order valence-corrected chi connectivity index (χ3v) is 29.1. The van der Waals surface area contributed by atoms with Gasteiger partial charge in [-0.05, 0) is 48.2 Å². The minimum Gasteiger partial charge on any atom is -0.253 e. The van der Waals surface area contributed by atoms with Crippen molar-refractivity contribution in [1.82, 2.24) is 20.3 Å². The lowest BCUT2D eigenvalue weighted by Crippen LogP contribution is -2.28. The average molecular weight is 1280 g/mol.